The number of tetrazole rings is 1. The summed E-state index contributed by atoms with van der Waals surface area (Å²) in [5, 5.41) is 13.9. The number of rotatable bonds is 4. The molecule has 1 atom stereocenters. The Morgan fingerprint density at radius 3 is 2.71 bits per heavy atom. The van der Waals surface area contributed by atoms with Gasteiger partial charge in [0.05, 0.1) is 4.47 Å². The number of likely N-dealkylation sites (N-methyl/N-ethyl adjacent to an activating group) is 1. The van der Waals surface area contributed by atoms with E-state index >= 15 is 0 Å². The fourth-order valence-electron chi connectivity index (χ4n) is 1.45. The molecule has 2 aromatic rings. The summed E-state index contributed by atoms with van der Waals surface area (Å²) in [7, 11) is 1.93. The number of nitrogens with zero attached hydrogens (tertiary/aromatic N) is 6. The minimum atomic E-state index is 0.158. The van der Waals surface area contributed by atoms with E-state index in [9.17, 15) is 0 Å². The fraction of sp³-hybridized carbons (Fsp3) is 0.444. The Labute approximate surface area is 107 Å². The van der Waals surface area contributed by atoms with Gasteiger partial charge in [-0.05, 0) is 15.9 Å². The first kappa shape index (κ1) is 11.9. The van der Waals surface area contributed by atoms with Gasteiger partial charge in [-0.15, -0.1) is 10.2 Å². The molecular formula is C9H12BrN7. The van der Waals surface area contributed by atoms with E-state index < -0.39 is 0 Å². The van der Waals surface area contributed by atoms with Crippen molar-refractivity contribution in [1.29, 1.82) is 0 Å². The summed E-state index contributed by atoms with van der Waals surface area (Å²) in [6.07, 6.45) is 3.44. The smallest absolute Gasteiger partial charge is 0.225 e. The molecular weight excluding hydrogens is 286 g/mol. The van der Waals surface area contributed by atoms with Gasteiger partial charge >= 0.3 is 0 Å². The van der Waals surface area contributed by atoms with Gasteiger partial charge in [-0.25, -0.2) is 9.97 Å². The zero-order valence-electron chi connectivity index (χ0n) is 9.50. The van der Waals surface area contributed by atoms with E-state index in [1.165, 1.54) is 0 Å². The molecule has 0 fully saturated rings. The molecule has 0 aromatic carbocycles. The Kier molecular flexibility index (Phi) is 3.62. The maximum Gasteiger partial charge on any atom is 0.225 e. The maximum absolute atomic E-state index is 4.22. The zero-order valence-corrected chi connectivity index (χ0v) is 11.1. The molecule has 0 amide bonds. The largest absolute Gasteiger partial charge is 0.343 e. The summed E-state index contributed by atoms with van der Waals surface area (Å²) in [6, 6.07) is 0. The lowest BCUT2D eigenvalue weighted by atomic mass is 10.1. The van der Waals surface area contributed by atoms with Crippen LogP contribution in [0.1, 0.15) is 18.7 Å². The van der Waals surface area contributed by atoms with Crippen LogP contribution < -0.4 is 4.90 Å². The summed E-state index contributed by atoms with van der Waals surface area (Å²) in [6.45, 7) is 2.75. The van der Waals surface area contributed by atoms with Gasteiger partial charge in [-0.1, -0.05) is 12.1 Å². The highest BCUT2D eigenvalue weighted by atomic mass is 79.9. The summed E-state index contributed by atoms with van der Waals surface area (Å²) in [5.41, 5.74) is 0. The second-order valence-corrected chi connectivity index (χ2v) is 4.67. The molecule has 0 radical (unpaired) electrons. The van der Waals surface area contributed by atoms with Gasteiger partial charge in [0.15, 0.2) is 5.82 Å². The standard InChI is InChI=1S/C9H12BrN7/c1-6(8-13-15-16-14-8)5-17(2)9-11-3-7(10)4-12-9/h3-4,6H,5H2,1-2H3,(H,13,14,15,16). The highest BCUT2D eigenvalue weighted by Crippen LogP contribution is 2.14. The molecule has 0 bridgehead atoms. The van der Waals surface area contributed by atoms with Gasteiger partial charge in [-0.2, -0.15) is 5.21 Å². The first-order chi connectivity index (χ1) is 8.16. The highest BCUT2D eigenvalue weighted by Gasteiger charge is 2.14. The lowest BCUT2D eigenvalue weighted by molar-refractivity contribution is 0.676. The fourth-order valence-corrected chi connectivity index (χ4v) is 1.66. The minimum Gasteiger partial charge on any atom is -0.343 e. The SMILES string of the molecule is CC(CN(C)c1ncc(Br)cn1)c1nn[nH]n1. The van der Waals surface area contributed by atoms with Crippen LogP contribution in [0.2, 0.25) is 0 Å². The van der Waals surface area contributed by atoms with Crippen LogP contribution in [0, 0.1) is 0 Å². The van der Waals surface area contributed by atoms with Crippen molar-refractivity contribution in [2.24, 2.45) is 0 Å². The second kappa shape index (κ2) is 5.17. The van der Waals surface area contributed by atoms with Crippen LogP contribution in [0.15, 0.2) is 16.9 Å². The first-order valence-corrected chi connectivity index (χ1v) is 5.88. The molecule has 1 N–H and O–H groups in total. The topological polar surface area (TPSA) is 83.5 Å². The average molecular weight is 298 g/mol. The normalized spacial score (nSPS) is 12.4. The van der Waals surface area contributed by atoms with Crippen molar-refractivity contribution >= 4 is 21.9 Å². The summed E-state index contributed by atoms with van der Waals surface area (Å²) < 4.78 is 0.862. The molecule has 0 saturated heterocycles. The van der Waals surface area contributed by atoms with Crippen molar-refractivity contribution in [2.45, 2.75) is 12.8 Å². The average Bonchev–Trinajstić information content (AvgIpc) is 2.83. The van der Waals surface area contributed by atoms with Gasteiger partial charge in [0.25, 0.3) is 0 Å². The summed E-state index contributed by atoms with van der Waals surface area (Å²) >= 11 is 3.30. The van der Waals surface area contributed by atoms with Crippen LogP contribution >= 0.6 is 15.9 Å². The predicted molar refractivity (Wildman–Crippen MR) is 65.6 cm³/mol. The lowest BCUT2D eigenvalue weighted by Crippen LogP contribution is -2.25. The Morgan fingerprint density at radius 2 is 2.12 bits per heavy atom. The predicted octanol–water partition coefficient (Wildman–Crippen LogP) is 0.992. The molecule has 8 heteroatoms. The van der Waals surface area contributed by atoms with E-state index in [0.717, 1.165) is 11.0 Å². The Balaban J connectivity index is 2.01. The number of H-pyrrole nitrogens is 1. The summed E-state index contributed by atoms with van der Waals surface area (Å²) in [4.78, 5) is 10.4. The van der Waals surface area contributed by atoms with Gasteiger partial charge in [0, 0.05) is 31.9 Å². The molecule has 90 valence electrons. The molecule has 0 aliphatic carbocycles. The number of aromatic amines is 1. The highest BCUT2D eigenvalue weighted by molar-refractivity contribution is 9.10. The van der Waals surface area contributed by atoms with Crippen LogP contribution in [-0.4, -0.2) is 44.2 Å². The molecule has 2 rings (SSSR count). The lowest BCUT2D eigenvalue weighted by Gasteiger charge is -2.19. The third-order valence-electron chi connectivity index (χ3n) is 2.30. The van der Waals surface area contributed by atoms with Crippen LogP contribution in [0.5, 0.6) is 0 Å². The first-order valence-electron chi connectivity index (χ1n) is 5.09. The molecule has 0 saturated carbocycles. The number of nitrogens with one attached hydrogen (secondary N) is 1. The van der Waals surface area contributed by atoms with Crippen LogP contribution in [-0.2, 0) is 0 Å². The van der Waals surface area contributed by atoms with Crippen molar-refractivity contribution in [1.82, 2.24) is 30.6 Å². The number of anilines is 1. The van der Waals surface area contributed by atoms with Crippen LogP contribution in [0.4, 0.5) is 5.95 Å². The maximum atomic E-state index is 4.22. The van der Waals surface area contributed by atoms with Crippen molar-refractivity contribution in [3.05, 3.63) is 22.7 Å². The van der Waals surface area contributed by atoms with E-state index in [1.807, 2.05) is 18.9 Å². The van der Waals surface area contributed by atoms with E-state index in [2.05, 4.69) is 46.5 Å². The number of halogens is 1. The molecule has 0 aliphatic rings. The number of hydrogen-bond acceptors (Lipinski definition) is 6. The molecule has 0 aliphatic heterocycles. The Morgan fingerprint density at radius 1 is 1.41 bits per heavy atom. The van der Waals surface area contributed by atoms with Gasteiger partial charge in [0.2, 0.25) is 5.95 Å². The Bertz CT molecular complexity index is 455. The van der Waals surface area contributed by atoms with E-state index in [4.69, 9.17) is 0 Å². The third-order valence-corrected chi connectivity index (χ3v) is 2.71. The zero-order chi connectivity index (χ0) is 12.3. The third kappa shape index (κ3) is 2.96. The van der Waals surface area contributed by atoms with E-state index in [-0.39, 0.29) is 5.92 Å². The van der Waals surface area contributed by atoms with Gasteiger partial charge in [-0.3, -0.25) is 0 Å². The van der Waals surface area contributed by atoms with Gasteiger partial charge < -0.3 is 4.90 Å². The monoisotopic (exact) mass is 297 g/mol. The van der Waals surface area contributed by atoms with Crippen molar-refractivity contribution in [2.75, 3.05) is 18.5 Å². The van der Waals surface area contributed by atoms with Gasteiger partial charge in [0.1, 0.15) is 0 Å². The summed E-state index contributed by atoms with van der Waals surface area (Å²) in [5.74, 6) is 1.52. The molecule has 0 spiro atoms. The number of hydrogen-bond donors (Lipinski definition) is 1. The molecule has 17 heavy (non-hydrogen) atoms. The van der Waals surface area contributed by atoms with Crippen molar-refractivity contribution in [3.8, 4) is 0 Å². The minimum absolute atomic E-state index is 0.158. The van der Waals surface area contributed by atoms with Crippen molar-refractivity contribution < 1.29 is 0 Å². The molecule has 1 unspecified atom stereocenters. The van der Waals surface area contributed by atoms with E-state index in [1.54, 1.807) is 12.4 Å². The molecule has 2 heterocycles. The van der Waals surface area contributed by atoms with Crippen molar-refractivity contribution in [3.63, 3.8) is 0 Å². The van der Waals surface area contributed by atoms with Crippen LogP contribution in [0.25, 0.3) is 0 Å². The van der Waals surface area contributed by atoms with E-state index in [0.29, 0.717) is 11.8 Å². The van der Waals surface area contributed by atoms with Crippen LogP contribution in [0.3, 0.4) is 0 Å². The number of aromatic nitrogens is 6. The Hall–Kier alpha value is -1.57. The molecule has 7 nitrogen and oxygen atoms in total. The molecule has 2 aromatic heterocycles. The quantitative estimate of drug-likeness (QED) is 0.906. The second-order valence-electron chi connectivity index (χ2n) is 3.75.